The molecule has 0 aromatic heterocycles. The van der Waals surface area contributed by atoms with E-state index in [4.69, 9.17) is 27.9 Å². The van der Waals surface area contributed by atoms with E-state index in [0.717, 1.165) is 6.54 Å². The van der Waals surface area contributed by atoms with Crippen LogP contribution in [0.4, 0.5) is 0 Å². The molecule has 2 rings (SSSR count). The zero-order valence-corrected chi connectivity index (χ0v) is 15.1. The largest absolute Gasteiger partial charge is 0.490 e. The molecule has 0 unspecified atom stereocenters. The van der Waals surface area contributed by atoms with E-state index in [0.29, 0.717) is 33.5 Å². The summed E-state index contributed by atoms with van der Waals surface area (Å²) in [5.41, 5.74) is 0.982. The Balaban J connectivity index is 1.98. The van der Waals surface area contributed by atoms with Gasteiger partial charge in [-0.15, -0.1) is 0 Å². The zero-order valence-electron chi connectivity index (χ0n) is 13.6. The van der Waals surface area contributed by atoms with E-state index >= 15 is 0 Å². The SMILES string of the molecule is CN(C)CC=CCOc1ccc(C(=O)c2ccc(Cl)cc2Cl)cc1. The number of carbonyl (C=O) groups is 1. The lowest BCUT2D eigenvalue weighted by molar-refractivity contribution is 0.103. The molecular weight excluding hydrogens is 345 g/mol. The molecule has 2 aromatic carbocycles. The molecule has 0 radical (unpaired) electrons. The van der Waals surface area contributed by atoms with E-state index in [2.05, 4.69) is 4.90 Å². The van der Waals surface area contributed by atoms with Crippen LogP contribution in [-0.4, -0.2) is 37.9 Å². The van der Waals surface area contributed by atoms with Crippen molar-refractivity contribution in [2.45, 2.75) is 0 Å². The number of ether oxygens (including phenoxy) is 1. The molecule has 0 atom stereocenters. The van der Waals surface area contributed by atoms with Crippen LogP contribution < -0.4 is 4.74 Å². The van der Waals surface area contributed by atoms with E-state index in [-0.39, 0.29) is 5.78 Å². The van der Waals surface area contributed by atoms with Gasteiger partial charge in [-0.05, 0) is 56.6 Å². The molecule has 0 aliphatic heterocycles. The van der Waals surface area contributed by atoms with Gasteiger partial charge >= 0.3 is 0 Å². The second kappa shape index (κ2) is 8.88. The van der Waals surface area contributed by atoms with Crippen molar-refractivity contribution in [2.75, 3.05) is 27.2 Å². The Morgan fingerprint density at radius 2 is 1.79 bits per heavy atom. The number of nitrogens with zero attached hydrogens (tertiary/aromatic N) is 1. The van der Waals surface area contributed by atoms with Crippen LogP contribution in [0.15, 0.2) is 54.6 Å². The average Bonchev–Trinajstić information content (AvgIpc) is 2.54. The standard InChI is InChI=1S/C19H19Cl2NO2/c1-22(2)11-3-4-12-24-16-8-5-14(6-9-16)19(23)17-10-7-15(20)13-18(17)21/h3-10,13H,11-12H2,1-2H3. The predicted molar refractivity (Wildman–Crippen MR) is 99.5 cm³/mol. The highest BCUT2D eigenvalue weighted by Gasteiger charge is 2.13. The Kier molecular flexibility index (Phi) is 6.85. The number of hydrogen-bond donors (Lipinski definition) is 0. The van der Waals surface area contributed by atoms with E-state index in [9.17, 15) is 4.79 Å². The number of benzene rings is 2. The third-order valence-corrected chi connectivity index (χ3v) is 3.82. The van der Waals surface area contributed by atoms with Crippen LogP contribution in [0.1, 0.15) is 15.9 Å². The van der Waals surface area contributed by atoms with Gasteiger partial charge < -0.3 is 9.64 Å². The van der Waals surface area contributed by atoms with E-state index in [1.165, 1.54) is 0 Å². The van der Waals surface area contributed by atoms with Gasteiger partial charge in [0.1, 0.15) is 12.4 Å². The maximum Gasteiger partial charge on any atom is 0.194 e. The van der Waals surface area contributed by atoms with Crippen molar-refractivity contribution in [3.05, 3.63) is 75.8 Å². The van der Waals surface area contributed by atoms with Gasteiger partial charge in [0.2, 0.25) is 0 Å². The van der Waals surface area contributed by atoms with Crippen molar-refractivity contribution in [3.8, 4) is 5.75 Å². The highest BCUT2D eigenvalue weighted by molar-refractivity contribution is 6.37. The molecule has 0 aliphatic rings. The Bertz CT molecular complexity index is 725. The molecule has 3 nitrogen and oxygen atoms in total. The molecule has 0 spiro atoms. The highest BCUT2D eigenvalue weighted by Crippen LogP contribution is 2.24. The molecule has 0 heterocycles. The molecule has 126 valence electrons. The van der Waals surface area contributed by atoms with Gasteiger partial charge in [0, 0.05) is 22.7 Å². The van der Waals surface area contributed by atoms with Crippen molar-refractivity contribution in [1.82, 2.24) is 4.90 Å². The van der Waals surface area contributed by atoms with E-state index in [1.807, 2.05) is 26.2 Å². The van der Waals surface area contributed by atoms with Gasteiger partial charge in [0.05, 0.1) is 5.02 Å². The first-order valence-corrected chi connectivity index (χ1v) is 8.25. The maximum atomic E-state index is 12.5. The number of likely N-dealkylation sites (N-methyl/N-ethyl adjacent to an activating group) is 1. The Labute approximate surface area is 152 Å². The summed E-state index contributed by atoms with van der Waals surface area (Å²) < 4.78 is 5.61. The molecule has 0 aliphatic carbocycles. The maximum absolute atomic E-state index is 12.5. The number of ketones is 1. The summed E-state index contributed by atoms with van der Waals surface area (Å²) in [5.74, 6) is 0.567. The topological polar surface area (TPSA) is 29.5 Å². The van der Waals surface area contributed by atoms with Gasteiger partial charge in [-0.25, -0.2) is 0 Å². The van der Waals surface area contributed by atoms with Gasteiger partial charge in [-0.1, -0.05) is 35.4 Å². The van der Waals surface area contributed by atoms with Crippen molar-refractivity contribution in [1.29, 1.82) is 0 Å². The minimum absolute atomic E-state index is 0.144. The third kappa shape index (κ3) is 5.38. The van der Waals surface area contributed by atoms with E-state index < -0.39 is 0 Å². The van der Waals surface area contributed by atoms with Gasteiger partial charge in [0.15, 0.2) is 5.78 Å². The first-order chi connectivity index (χ1) is 11.5. The number of rotatable bonds is 7. The fourth-order valence-electron chi connectivity index (χ4n) is 2.03. The third-order valence-electron chi connectivity index (χ3n) is 3.28. The lowest BCUT2D eigenvalue weighted by Gasteiger charge is -2.07. The van der Waals surface area contributed by atoms with Gasteiger partial charge in [-0.3, -0.25) is 4.79 Å². The van der Waals surface area contributed by atoms with Crippen molar-refractivity contribution >= 4 is 29.0 Å². The second-order valence-electron chi connectivity index (χ2n) is 5.52. The minimum atomic E-state index is -0.144. The molecule has 0 N–H and O–H groups in total. The summed E-state index contributed by atoms with van der Waals surface area (Å²) in [6.07, 6.45) is 4.01. The molecule has 5 heteroatoms. The average molecular weight is 364 g/mol. The number of halogens is 2. The molecule has 0 saturated carbocycles. The number of hydrogen-bond acceptors (Lipinski definition) is 3. The lowest BCUT2D eigenvalue weighted by Crippen LogP contribution is -2.10. The molecule has 0 saturated heterocycles. The molecule has 0 amide bonds. The molecule has 2 aromatic rings. The number of carbonyl (C=O) groups excluding carboxylic acids is 1. The lowest BCUT2D eigenvalue weighted by atomic mass is 10.0. The quantitative estimate of drug-likeness (QED) is 0.526. The van der Waals surface area contributed by atoms with Crippen molar-refractivity contribution in [3.63, 3.8) is 0 Å². The zero-order chi connectivity index (χ0) is 17.5. The van der Waals surface area contributed by atoms with Crippen LogP contribution >= 0.6 is 23.2 Å². The first-order valence-electron chi connectivity index (χ1n) is 7.49. The van der Waals surface area contributed by atoms with E-state index in [1.54, 1.807) is 42.5 Å². The molecule has 0 fully saturated rings. The Morgan fingerprint density at radius 3 is 2.42 bits per heavy atom. The van der Waals surface area contributed by atoms with Gasteiger partial charge in [-0.2, -0.15) is 0 Å². The highest BCUT2D eigenvalue weighted by atomic mass is 35.5. The molecule has 24 heavy (non-hydrogen) atoms. The predicted octanol–water partition coefficient (Wildman–Crippen LogP) is 4.72. The van der Waals surface area contributed by atoms with Gasteiger partial charge in [0.25, 0.3) is 0 Å². The van der Waals surface area contributed by atoms with Crippen molar-refractivity contribution in [2.24, 2.45) is 0 Å². The van der Waals surface area contributed by atoms with Crippen molar-refractivity contribution < 1.29 is 9.53 Å². The monoisotopic (exact) mass is 363 g/mol. The van der Waals surface area contributed by atoms with Crippen LogP contribution in [0, 0.1) is 0 Å². The fourth-order valence-corrected chi connectivity index (χ4v) is 2.52. The summed E-state index contributed by atoms with van der Waals surface area (Å²) in [6.45, 7) is 1.36. The summed E-state index contributed by atoms with van der Waals surface area (Å²) >= 11 is 11.9. The van der Waals surface area contributed by atoms with Crippen LogP contribution in [0.3, 0.4) is 0 Å². The van der Waals surface area contributed by atoms with Crippen LogP contribution in [0.25, 0.3) is 0 Å². The summed E-state index contributed by atoms with van der Waals surface area (Å²) in [7, 11) is 4.02. The Hall–Kier alpha value is -1.81. The second-order valence-corrected chi connectivity index (χ2v) is 6.37. The summed E-state index contributed by atoms with van der Waals surface area (Å²) in [5, 5.41) is 0.849. The Morgan fingerprint density at radius 1 is 1.08 bits per heavy atom. The summed E-state index contributed by atoms with van der Waals surface area (Å²) in [6, 6.07) is 11.9. The fraction of sp³-hybridized carbons (Fsp3) is 0.211. The molecule has 0 bridgehead atoms. The minimum Gasteiger partial charge on any atom is -0.490 e. The summed E-state index contributed by atoms with van der Waals surface area (Å²) in [4.78, 5) is 14.5. The van der Waals surface area contributed by atoms with Crippen LogP contribution in [0.5, 0.6) is 5.75 Å². The molecular formula is C19H19Cl2NO2. The smallest absolute Gasteiger partial charge is 0.194 e. The first kappa shape index (κ1) is 18.5. The van der Waals surface area contributed by atoms with Crippen LogP contribution in [-0.2, 0) is 0 Å². The van der Waals surface area contributed by atoms with Crippen LogP contribution in [0.2, 0.25) is 10.0 Å². The normalized spacial score (nSPS) is 11.2.